The van der Waals surface area contributed by atoms with Gasteiger partial charge in [0.25, 0.3) is 0 Å². The van der Waals surface area contributed by atoms with Crippen LogP contribution in [0.25, 0.3) is 11.4 Å². The van der Waals surface area contributed by atoms with Crippen molar-refractivity contribution in [3.8, 4) is 17.1 Å². The zero-order valence-electron chi connectivity index (χ0n) is 13.2. The van der Waals surface area contributed by atoms with E-state index in [4.69, 9.17) is 4.74 Å². The number of aromatic nitrogens is 3. The molecule has 0 aliphatic carbocycles. The number of ether oxygens (including phenoxy) is 1. The zero-order chi connectivity index (χ0) is 16.9. The highest BCUT2D eigenvalue weighted by molar-refractivity contribution is 8.76. The Kier molecular flexibility index (Phi) is 5.22. The van der Waals surface area contributed by atoms with E-state index in [1.54, 1.807) is 7.11 Å². The average Bonchev–Trinajstić information content (AvgIpc) is 3.06. The van der Waals surface area contributed by atoms with Crippen LogP contribution in [0.2, 0.25) is 0 Å². The Morgan fingerprint density at radius 1 is 1.04 bits per heavy atom. The summed E-state index contributed by atoms with van der Waals surface area (Å²) in [7, 11) is 4.59. The van der Waals surface area contributed by atoms with Gasteiger partial charge in [-0.2, -0.15) is 4.68 Å². The molecular weight excluding hydrogens is 342 g/mol. The van der Waals surface area contributed by atoms with Crippen LogP contribution in [-0.2, 0) is 0 Å². The lowest BCUT2D eigenvalue weighted by atomic mass is 10.2. The predicted octanol–water partition coefficient (Wildman–Crippen LogP) is 4.41. The number of hydrogen-bond donors (Lipinski definition) is 0. The number of carbonyl (C=O) groups is 1. The summed E-state index contributed by atoms with van der Waals surface area (Å²) >= 11 is 0. The van der Waals surface area contributed by atoms with E-state index in [1.807, 2.05) is 54.6 Å². The molecule has 5 nitrogen and oxygen atoms in total. The van der Waals surface area contributed by atoms with Crippen molar-refractivity contribution >= 4 is 27.5 Å². The van der Waals surface area contributed by atoms with E-state index < -0.39 is 0 Å². The number of nitrogens with zero attached hydrogens (tertiary/aromatic N) is 3. The maximum absolute atomic E-state index is 11.8. The summed E-state index contributed by atoms with van der Waals surface area (Å²) in [5.41, 5.74) is 0.862. The van der Waals surface area contributed by atoms with Crippen LogP contribution in [-0.4, -0.2) is 27.8 Å². The van der Waals surface area contributed by atoms with Gasteiger partial charge in [-0.25, -0.2) is 4.98 Å². The maximum Gasteiger partial charge on any atom is 0.245 e. The van der Waals surface area contributed by atoms with E-state index in [0.717, 1.165) is 16.2 Å². The fraction of sp³-hybridized carbons (Fsp3) is 0.118. The van der Waals surface area contributed by atoms with Crippen molar-refractivity contribution in [1.29, 1.82) is 0 Å². The molecule has 0 amide bonds. The fourth-order valence-corrected chi connectivity index (χ4v) is 3.75. The van der Waals surface area contributed by atoms with E-state index in [-0.39, 0.29) is 5.91 Å². The zero-order valence-corrected chi connectivity index (χ0v) is 14.8. The smallest absolute Gasteiger partial charge is 0.245 e. The lowest BCUT2D eigenvalue weighted by molar-refractivity contribution is 0.0922. The Bertz CT molecular complexity index is 833. The molecule has 0 aliphatic heterocycles. The molecule has 0 aliphatic rings. The van der Waals surface area contributed by atoms with E-state index in [1.165, 1.54) is 33.2 Å². The summed E-state index contributed by atoms with van der Waals surface area (Å²) in [6.07, 6.45) is 0. The van der Waals surface area contributed by atoms with Crippen molar-refractivity contribution < 1.29 is 9.53 Å². The number of methoxy groups -OCH3 is 1. The molecule has 0 bridgehead atoms. The Morgan fingerprint density at radius 2 is 1.75 bits per heavy atom. The molecule has 3 aromatic rings. The largest absolute Gasteiger partial charge is 0.497 e. The predicted molar refractivity (Wildman–Crippen MR) is 96.5 cm³/mol. The normalized spacial score (nSPS) is 10.6. The van der Waals surface area contributed by atoms with Gasteiger partial charge in [0.15, 0.2) is 5.82 Å². The molecule has 1 aromatic heterocycles. The van der Waals surface area contributed by atoms with Gasteiger partial charge in [0.05, 0.1) is 7.11 Å². The quantitative estimate of drug-likeness (QED) is 0.630. The van der Waals surface area contributed by atoms with Gasteiger partial charge in [-0.3, -0.25) is 4.79 Å². The van der Waals surface area contributed by atoms with Gasteiger partial charge < -0.3 is 4.74 Å². The van der Waals surface area contributed by atoms with E-state index in [0.29, 0.717) is 11.0 Å². The number of rotatable bonds is 5. The highest BCUT2D eigenvalue weighted by Crippen LogP contribution is 2.37. The second-order valence-electron chi connectivity index (χ2n) is 4.86. The Morgan fingerprint density at radius 3 is 2.38 bits per heavy atom. The van der Waals surface area contributed by atoms with Crippen LogP contribution in [0, 0.1) is 0 Å². The van der Waals surface area contributed by atoms with Gasteiger partial charge in [0, 0.05) is 17.4 Å². The summed E-state index contributed by atoms with van der Waals surface area (Å²) in [6.45, 7) is 1.48. The average molecular weight is 357 g/mol. The second kappa shape index (κ2) is 7.55. The minimum atomic E-state index is -0.164. The summed E-state index contributed by atoms with van der Waals surface area (Å²) < 4.78 is 6.48. The van der Waals surface area contributed by atoms with Crippen molar-refractivity contribution in [2.75, 3.05) is 7.11 Å². The molecule has 0 spiro atoms. The van der Waals surface area contributed by atoms with Gasteiger partial charge in [-0.15, -0.1) is 5.10 Å². The van der Waals surface area contributed by atoms with Crippen molar-refractivity contribution in [3.63, 3.8) is 0 Å². The third-order valence-corrected chi connectivity index (χ3v) is 5.33. The van der Waals surface area contributed by atoms with Crippen molar-refractivity contribution in [2.24, 2.45) is 0 Å². The van der Waals surface area contributed by atoms with Gasteiger partial charge in [0.1, 0.15) is 5.75 Å². The minimum absolute atomic E-state index is 0.164. The third-order valence-electron chi connectivity index (χ3n) is 3.19. The molecule has 0 atom stereocenters. The first-order valence-electron chi connectivity index (χ1n) is 7.19. The second-order valence-corrected chi connectivity index (χ2v) is 7.03. The Labute approximate surface area is 147 Å². The van der Waals surface area contributed by atoms with Gasteiger partial charge >= 0.3 is 0 Å². The molecule has 7 heteroatoms. The van der Waals surface area contributed by atoms with Crippen molar-refractivity contribution in [3.05, 3.63) is 54.6 Å². The molecule has 0 fully saturated rings. The molecule has 3 rings (SSSR count). The molecule has 24 heavy (non-hydrogen) atoms. The molecule has 122 valence electrons. The van der Waals surface area contributed by atoms with Gasteiger partial charge in [-0.1, -0.05) is 30.3 Å². The van der Waals surface area contributed by atoms with E-state index >= 15 is 0 Å². The minimum Gasteiger partial charge on any atom is -0.497 e. The Balaban J connectivity index is 1.80. The van der Waals surface area contributed by atoms with Crippen LogP contribution in [0.15, 0.2) is 64.6 Å². The topological polar surface area (TPSA) is 57.0 Å². The summed E-state index contributed by atoms with van der Waals surface area (Å²) in [5.74, 6) is 1.21. The first-order chi connectivity index (χ1) is 11.7. The van der Waals surface area contributed by atoms with Crippen LogP contribution < -0.4 is 4.74 Å². The molecule has 0 saturated carbocycles. The van der Waals surface area contributed by atoms with Gasteiger partial charge in [-0.05, 0) is 45.9 Å². The summed E-state index contributed by atoms with van der Waals surface area (Å²) in [5, 5.41) is 4.85. The molecule has 0 N–H and O–H groups in total. The molecule has 2 aromatic carbocycles. The van der Waals surface area contributed by atoms with Crippen LogP contribution in [0.4, 0.5) is 0 Å². The number of hydrogen-bond acceptors (Lipinski definition) is 6. The molecular formula is C17H15N3O2S2. The third kappa shape index (κ3) is 3.80. The summed E-state index contributed by atoms with van der Waals surface area (Å²) in [6, 6.07) is 17.3. The van der Waals surface area contributed by atoms with Crippen LogP contribution in [0.5, 0.6) is 5.75 Å². The fourth-order valence-electron chi connectivity index (χ4n) is 2.04. The molecule has 1 heterocycles. The highest BCUT2D eigenvalue weighted by atomic mass is 33.1. The standard InChI is InChI=1S/C17H15N3O2S2/c1-12(21)20-16(13-6-4-3-5-7-13)18-17(19-20)24-23-15-10-8-14(22-2)9-11-15/h3-11H,1-2H3. The van der Waals surface area contributed by atoms with E-state index in [9.17, 15) is 4.79 Å². The molecule has 0 radical (unpaired) electrons. The summed E-state index contributed by atoms with van der Waals surface area (Å²) in [4.78, 5) is 17.4. The lowest BCUT2D eigenvalue weighted by Crippen LogP contribution is -2.09. The van der Waals surface area contributed by atoms with Gasteiger partial charge in [0.2, 0.25) is 11.1 Å². The maximum atomic E-state index is 11.8. The van der Waals surface area contributed by atoms with E-state index in [2.05, 4.69) is 10.1 Å². The number of benzene rings is 2. The van der Waals surface area contributed by atoms with Crippen LogP contribution in [0.3, 0.4) is 0 Å². The van der Waals surface area contributed by atoms with Crippen LogP contribution in [0.1, 0.15) is 11.7 Å². The monoisotopic (exact) mass is 357 g/mol. The van der Waals surface area contributed by atoms with Crippen molar-refractivity contribution in [1.82, 2.24) is 14.8 Å². The SMILES string of the molecule is COc1ccc(SSc2nc(-c3ccccc3)n(C(C)=O)n2)cc1. The lowest BCUT2D eigenvalue weighted by Gasteiger charge is -2.00. The Hall–Kier alpha value is -2.25. The van der Waals surface area contributed by atoms with Crippen molar-refractivity contribution in [2.45, 2.75) is 17.0 Å². The first kappa shape index (κ1) is 16.6. The number of carbonyl (C=O) groups excluding carboxylic acids is 1. The molecule has 0 saturated heterocycles. The highest BCUT2D eigenvalue weighted by Gasteiger charge is 2.15. The van der Waals surface area contributed by atoms with Crippen LogP contribution >= 0.6 is 21.6 Å². The molecule has 0 unspecified atom stereocenters. The first-order valence-corrected chi connectivity index (χ1v) is 9.34.